The van der Waals surface area contributed by atoms with Gasteiger partial charge in [0.2, 0.25) is 0 Å². The van der Waals surface area contributed by atoms with E-state index in [1.54, 1.807) is 20.8 Å². The zero-order chi connectivity index (χ0) is 13.2. The molecule has 2 atom stereocenters. The third-order valence-corrected chi connectivity index (χ3v) is 2.34. The summed E-state index contributed by atoms with van der Waals surface area (Å²) in [6.45, 7) is 5.67. The number of alkyl carbamates (subject to hydrolysis) is 1. The zero-order valence-electron chi connectivity index (χ0n) is 10.3. The number of amides is 2. The first-order valence-corrected chi connectivity index (χ1v) is 5.42. The van der Waals surface area contributed by atoms with Crippen molar-refractivity contribution in [2.45, 2.75) is 38.5 Å². The SMILES string of the molecule is CC(C)(C)OC(=O)N[C@H]1CN(C(=O)O)C[C@@H]1N. The van der Waals surface area contributed by atoms with Gasteiger partial charge in [0.1, 0.15) is 5.60 Å². The van der Waals surface area contributed by atoms with Crippen molar-refractivity contribution in [2.75, 3.05) is 13.1 Å². The van der Waals surface area contributed by atoms with E-state index in [9.17, 15) is 9.59 Å². The topological polar surface area (TPSA) is 105 Å². The average Bonchev–Trinajstić information content (AvgIpc) is 2.44. The number of nitrogens with zero attached hydrogens (tertiary/aromatic N) is 1. The van der Waals surface area contributed by atoms with Crippen LogP contribution in [0.1, 0.15) is 20.8 Å². The van der Waals surface area contributed by atoms with E-state index >= 15 is 0 Å². The van der Waals surface area contributed by atoms with E-state index in [4.69, 9.17) is 15.6 Å². The molecule has 0 spiro atoms. The number of carbonyl (C=O) groups excluding carboxylic acids is 1. The number of carboxylic acid groups (broad SMARTS) is 1. The predicted octanol–water partition coefficient (Wildman–Crippen LogP) is 0.201. The second-order valence-corrected chi connectivity index (χ2v) is 5.10. The summed E-state index contributed by atoms with van der Waals surface area (Å²) in [6, 6.07) is -0.806. The number of nitrogens with two attached hydrogens (primary N) is 1. The van der Waals surface area contributed by atoms with Crippen LogP contribution in [-0.2, 0) is 4.74 Å². The molecule has 7 nitrogen and oxygen atoms in total. The van der Waals surface area contributed by atoms with Gasteiger partial charge in [-0.15, -0.1) is 0 Å². The number of rotatable bonds is 1. The zero-order valence-corrected chi connectivity index (χ0v) is 10.3. The smallest absolute Gasteiger partial charge is 0.407 e. The van der Waals surface area contributed by atoms with Gasteiger partial charge >= 0.3 is 12.2 Å². The van der Waals surface area contributed by atoms with E-state index in [1.165, 1.54) is 4.90 Å². The molecular weight excluding hydrogens is 226 g/mol. The fraction of sp³-hybridized carbons (Fsp3) is 0.800. The number of likely N-dealkylation sites (tertiary alicyclic amines) is 1. The van der Waals surface area contributed by atoms with E-state index in [-0.39, 0.29) is 13.1 Å². The minimum atomic E-state index is -1.03. The molecule has 7 heteroatoms. The summed E-state index contributed by atoms with van der Waals surface area (Å²) >= 11 is 0. The first-order valence-electron chi connectivity index (χ1n) is 5.42. The number of hydrogen-bond donors (Lipinski definition) is 3. The maximum atomic E-state index is 11.5. The largest absolute Gasteiger partial charge is 0.465 e. The van der Waals surface area contributed by atoms with Crippen LogP contribution >= 0.6 is 0 Å². The van der Waals surface area contributed by atoms with Gasteiger partial charge in [0.15, 0.2) is 0 Å². The number of ether oxygens (including phenoxy) is 1. The minimum absolute atomic E-state index is 0.190. The van der Waals surface area contributed by atoms with Gasteiger partial charge in [-0.25, -0.2) is 9.59 Å². The highest BCUT2D eigenvalue weighted by molar-refractivity contribution is 5.69. The number of carbonyl (C=O) groups is 2. The summed E-state index contributed by atoms with van der Waals surface area (Å²) in [7, 11) is 0. The summed E-state index contributed by atoms with van der Waals surface area (Å²) < 4.78 is 5.07. The maximum Gasteiger partial charge on any atom is 0.407 e. The maximum absolute atomic E-state index is 11.5. The van der Waals surface area contributed by atoms with E-state index in [0.717, 1.165) is 0 Å². The fourth-order valence-corrected chi connectivity index (χ4v) is 1.60. The van der Waals surface area contributed by atoms with Crippen molar-refractivity contribution in [1.29, 1.82) is 0 Å². The Bertz CT molecular complexity index is 313. The van der Waals surface area contributed by atoms with Crippen LogP contribution in [0.15, 0.2) is 0 Å². The molecule has 0 unspecified atom stereocenters. The Morgan fingerprint density at radius 3 is 2.41 bits per heavy atom. The number of hydrogen-bond acceptors (Lipinski definition) is 4. The first-order chi connectivity index (χ1) is 7.69. The third-order valence-electron chi connectivity index (χ3n) is 2.34. The lowest BCUT2D eigenvalue weighted by atomic mass is 10.2. The van der Waals surface area contributed by atoms with Gasteiger partial charge < -0.3 is 25.8 Å². The summed E-state index contributed by atoms with van der Waals surface area (Å²) in [5, 5.41) is 11.4. The third kappa shape index (κ3) is 4.10. The van der Waals surface area contributed by atoms with Gasteiger partial charge in [-0.3, -0.25) is 0 Å². The van der Waals surface area contributed by atoms with Crippen molar-refractivity contribution < 1.29 is 19.4 Å². The molecular formula is C10H19N3O4. The van der Waals surface area contributed by atoms with Crippen LogP contribution in [0, 0.1) is 0 Å². The lowest BCUT2D eigenvalue weighted by Gasteiger charge is -2.22. The molecule has 4 N–H and O–H groups in total. The van der Waals surface area contributed by atoms with E-state index in [1.807, 2.05) is 0 Å². The second-order valence-electron chi connectivity index (χ2n) is 5.10. The molecule has 1 saturated heterocycles. The predicted molar refractivity (Wildman–Crippen MR) is 60.7 cm³/mol. The van der Waals surface area contributed by atoms with Crippen molar-refractivity contribution in [3.05, 3.63) is 0 Å². The average molecular weight is 245 g/mol. The Morgan fingerprint density at radius 1 is 1.41 bits per heavy atom. The van der Waals surface area contributed by atoms with Crippen LogP contribution in [0.25, 0.3) is 0 Å². The summed E-state index contributed by atoms with van der Waals surface area (Å²) in [6.07, 6.45) is -1.61. The van der Waals surface area contributed by atoms with Crippen LogP contribution in [0.2, 0.25) is 0 Å². The van der Waals surface area contributed by atoms with E-state index in [0.29, 0.717) is 0 Å². The standard InChI is InChI=1S/C10H19N3O4/c1-10(2,3)17-8(14)12-7-5-13(9(15)16)4-6(7)11/h6-7H,4-5,11H2,1-3H3,(H,12,14)(H,15,16)/t6-,7-/m0/s1. The molecule has 0 aromatic rings. The molecule has 1 aliphatic heterocycles. The first kappa shape index (κ1) is 13.6. The van der Waals surface area contributed by atoms with Gasteiger partial charge in [0.05, 0.1) is 6.04 Å². The monoisotopic (exact) mass is 245 g/mol. The molecule has 98 valence electrons. The van der Waals surface area contributed by atoms with Crippen molar-refractivity contribution in [1.82, 2.24) is 10.2 Å². The van der Waals surface area contributed by atoms with Crippen LogP contribution in [0.4, 0.5) is 9.59 Å². The summed E-state index contributed by atoms with van der Waals surface area (Å²) in [5.41, 5.74) is 5.16. The Hall–Kier alpha value is -1.50. The molecule has 17 heavy (non-hydrogen) atoms. The highest BCUT2D eigenvalue weighted by atomic mass is 16.6. The van der Waals surface area contributed by atoms with Crippen molar-refractivity contribution >= 4 is 12.2 Å². The quantitative estimate of drug-likeness (QED) is 0.612. The molecule has 1 aliphatic rings. The molecule has 0 aliphatic carbocycles. The molecule has 0 bridgehead atoms. The Labute approximate surface area is 99.9 Å². The van der Waals surface area contributed by atoms with Gasteiger partial charge in [0.25, 0.3) is 0 Å². The highest BCUT2D eigenvalue weighted by Crippen LogP contribution is 2.11. The Balaban J connectivity index is 2.47. The lowest BCUT2D eigenvalue weighted by Crippen LogP contribution is -2.48. The van der Waals surface area contributed by atoms with Gasteiger partial charge in [-0.05, 0) is 20.8 Å². The molecule has 1 fully saturated rings. The van der Waals surface area contributed by atoms with Gasteiger partial charge in [-0.2, -0.15) is 0 Å². The Kier molecular flexibility index (Phi) is 3.82. The second kappa shape index (κ2) is 4.79. The van der Waals surface area contributed by atoms with Gasteiger partial charge in [-0.1, -0.05) is 0 Å². The molecule has 1 rings (SSSR count). The molecule has 0 saturated carbocycles. The highest BCUT2D eigenvalue weighted by Gasteiger charge is 2.34. The molecule has 0 aromatic heterocycles. The van der Waals surface area contributed by atoms with Crippen LogP contribution in [0.5, 0.6) is 0 Å². The van der Waals surface area contributed by atoms with Crippen LogP contribution in [0.3, 0.4) is 0 Å². The molecule has 1 heterocycles. The summed E-state index contributed by atoms with van der Waals surface area (Å²) in [4.78, 5) is 23.4. The van der Waals surface area contributed by atoms with Crippen LogP contribution < -0.4 is 11.1 Å². The Morgan fingerprint density at radius 2 is 2.00 bits per heavy atom. The van der Waals surface area contributed by atoms with Gasteiger partial charge in [0, 0.05) is 19.1 Å². The molecule has 2 amide bonds. The summed E-state index contributed by atoms with van der Waals surface area (Å²) in [5.74, 6) is 0. The van der Waals surface area contributed by atoms with Crippen molar-refractivity contribution in [3.63, 3.8) is 0 Å². The van der Waals surface area contributed by atoms with Crippen LogP contribution in [-0.4, -0.2) is 53.0 Å². The van der Waals surface area contributed by atoms with E-state index < -0.39 is 29.9 Å². The minimum Gasteiger partial charge on any atom is -0.465 e. The fourth-order valence-electron chi connectivity index (χ4n) is 1.60. The van der Waals surface area contributed by atoms with E-state index in [2.05, 4.69) is 5.32 Å². The molecule has 0 aromatic carbocycles. The number of nitrogens with one attached hydrogen (secondary N) is 1. The lowest BCUT2D eigenvalue weighted by molar-refractivity contribution is 0.0501. The van der Waals surface area contributed by atoms with Crippen molar-refractivity contribution in [3.8, 4) is 0 Å². The van der Waals surface area contributed by atoms with Crippen molar-refractivity contribution in [2.24, 2.45) is 5.73 Å². The normalized spacial score (nSPS) is 24.6. The molecule has 0 radical (unpaired) electrons.